The minimum Gasteiger partial charge on any atom is -0.231 e. The molecule has 4 nitrogen and oxygen atoms in total. The maximum atomic E-state index is 13.1. The van der Waals surface area contributed by atoms with Gasteiger partial charge in [-0.3, -0.25) is 0 Å². The molecule has 0 spiro atoms. The lowest BCUT2D eigenvalue weighted by Crippen LogP contribution is -2.51. The van der Waals surface area contributed by atoms with Gasteiger partial charge in [-0.05, 0) is 12.5 Å². The smallest absolute Gasteiger partial charge is 0.231 e. The Morgan fingerprint density at radius 3 is 1.91 bits per heavy atom. The van der Waals surface area contributed by atoms with Crippen LogP contribution in [0.2, 0.25) is 0 Å². The van der Waals surface area contributed by atoms with Crippen molar-refractivity contribution >= 4 is 10.1 Å². The van der Waals surface area contributed by atoms with Gasteiger partial charge in [0.05, 0.1) is 0 Å². The van der Waals surface area contributed by atoms with Gasteiger partial charge in [-0.2, -0.15) is 40.0 Å². The second-order valence-electron chi connectivity index (χ2n) is 4.58. The second-order valence-corrected chi connectivity index (χ2v) is 6.12. The zero-order valence-electron chi connectivity index (χ0n) is 11.4. The third-order valence-electron chi connectivity index (χ3n) is 2.75. The molecule has 1 aromatic rings. The summed E-state index contributed by atoms with van der Waals surface area (Å²) in [5.74, 6) is 0. The van der Waals surface area contributed by atoms with Gasteiger partial charge in [0.15, 0.2) is 0 Å². The van der Waals surface area contributed by atoms with E-state index in [1.54, 1.807) is 6.92 Å². The highest BCUT2D eigenvalue weighted by atomic mass is 32.2. The predicted octanol–water partition coefficient (Wildman–Crippen LogP) is 3.23. The van der Waals surface area contributed by atoms with Crippen LogP contribution < -0.4 is 0 Å². The molecule has 1 aromatic carbocycles. The largest absolute Gasteiger partial charge is 0.523 e. The Morgan fingerprint density at radius 1 is 1.09 bits per heavy atom. The maximum absolute atomic E-state index is 13.1. The van der Waals surface area contributed by atoms with Crippen LogP contribution in [0.5, 0.6) is 0 Å². The second kappa shape index (κ2) is 6.01. The quantitative estimate of drug-likeness (QED) is 0.469. The first kappa shape index (κ1) is 19.2. The predicted molar refractivity (Wildman–Crippen MR) is 65.3 cm³/mol. The van der Waals surface area contributed by atoms with Gasteiger partial charge < -0.3 is 0 Å². The zero-order valence-corrected chi connectivity index (χ0v) is 12.2. The van der Waals surface area contributed by atoms with E-state index in [-0.39, 0.29) is 5.56 Å². The highest BCUT2D eigenvalue weighted by Crippen LogP contribution is 2.40. The molecule has 0 bridgehead atoms. The topological polar surface area (TPSA) is 67.2 Å². The molecule has 0 heterocycles. The number of benzene rings is 1. The Bertz CT molecular complexity index is 702. The Balaban J connectivity index is 3.35. The number of nitrogens with zero attached hydrogens (tertiary/aromatic N) is 1. The molecule has 0 saturated heterocycles. The normalized spacial score (nSPS) is 15.7. The summed E-state index contributed by atoms with van der Waals surface area (Å²) >= 11 is 0. The van der Waals surface area contributed by atoms with Crippen molar-refractivity contribution in [3.8, 4) is 6.07 Å². The molecular formula is C12H9F6NO3S. The van der Waals surface area contributed by atoms with E-state index in [9.17, 15) is 34.8 Å². The van der Waals surface area contributed by atoms with Crippen molar-refractivity contribution < 1.29 is 38.9 Å². The van der Waals surface area contributed by atoms with E-state index in [0.717, 1.165) is 12.1 Å². The first-order valence-corrected chi connectivity index (χ1v) is 7.20. The van der Waals surface area contributed by atoms with Crippen LogP contribution in [0.15, 0.2) is 24.3 Å². The maximum Gasteiger partial charge on any atom is 0.523 e. The Hall–Kier alpha value is -1.80. The van der Waals surface area contributed by atoms with Gasteiger partial charge in [0, 0.05) is 6.42 Å². The van der Waals surface area contributed by atoms with Crippen LogP contribution in [-0.2, 0) is 20.7 Å². The van der Waals surface area contributed by atoms with Gasteiger partial charge in [0.2, 0.25) is 0 Å². The van der Waals surface area contributed by atoms with E-state index >= 15 is 0 Å². The summed E-state index contributed by atoms with van der Waals surface area (Å²) in [6.45, 7) is 1.61. The fourth-order valence-corrected chi connectivity index (χ4v) is 2.19. The van der Waals surface area contributed by atoms with Crippen molar-refractivity contribution in [3.05, 3.63) is 35.4 Å². The lowest BCUT2D eigenvalue weighted by Gasteiger charge is -2.28. The number of hydrogen-bond donors (Lipinski definition) is 0. The van der Waals surface area contributed by atoms with Crippen molar-refractivity contribution in [2.24, 2.45) is 0 Å². The summed E-state index contributed by atoms with van der Waals surface area (Å²) in [7, 11) is -6.62. The number of rotatable bonds is 4. The van der Waals surface area contributed by atoms with Gasteiger partial charge in [-0.25, -0.2) is 4.18 Å². The Labute approximate surface area is 127 Å². The van der Waals surface area contributed by atoms with Crippen molar-refractivity contribution in [2.75, 3.05) is 0 Å². The van der Waals surface area contributed by atoms with Crippen LogP contribution in [0.4, 0.5) is 26.3 Å². The van der Waals surface area contributed by atoms with E-state index in [1.165, 1.54) is 12.1 Å². The van der Waals surface area contributed by atoms with Crippen molar-refractivity contribution in [2.45, 2.75) is 30.6 Å². The average Bonchev–Trinajstić information content (AvgIpc) is 2.37. The molecule has 0 saturated carbocycles. The summed E-state index contributed by atoms with van der Waals surface area (Å²) in [5, 5.41) is 8.73. The van der Waals surface area contributed by atoms with Crippen molar-refractivity contribution in [1.29, 1.82) is 5.26 Å². The molecule has 128 valence electrons. The van der Waals surface area contributed by atoms with Gasteiger partial charge in [0.1, 0.15) is 6.07 Å². The molecule has 1 unspecified atom stereocenters. The number of alkyl halides is 6. The number of halogens is 6. The molecule has 23 heavy (non-hydrogen) atoms. The molecule has 0 N–H and O–H groups in total. The summed E-state index contributed by atoms with van der Waals surface area (Å²) < 4.78 is 101. The lowest BCUT2D eigenvalue weighted by molar-refractivity contribution is -0.227. The summed E-state index contributed by atoms with van der Waals surface area (Å²) in [4.78, 5) is 0. The third kappa shape index (κ3) is 4.14. The van der Waals surface area contributed by atoms with Crippen molar-refractivity contribution in [3.63, 3.8) is 0 Å². The molecule has 0 aliphatic carbocycles. The van der Waals surface area contributed by atoms with E-state index in [4.69, 9.17) is 5.26 Å². The lowest BCUT2D eigenvalue weighted by atomic mass is 9.95. The fourth-order valence-electron chi connectivity index (χ4n) is 1.53. The summed E-state index contributed by atoms with van der Waals surface area (Å²) in [6, 6.07) is 5.47. The first-order chi connectivity index (χ1) is 10.2. The van der Waals surface area contributed by atoms with Gasteiger partial charge in [-0.15, -0.1) is 0 Å². The van der Waals surface area contributed by atoms with Crippen LogP contribution in [-0.4, -0.2) is 25.7 Å². The van der Waals surface area contributed by atoms with Gasteiger partial charge >= 0.3 is 21.8 Å². The molecule has 11 heteroatoms. The first-order valence-electron chi connectivity index (χ1n) is 5.79. The SMILES string of the molecule is Cc1ccc(CC(C#N)(OS(=O)(=O)C(F)(F)F)C(F)(F)F)cc1. The minimum absolute atomic E-state index is 0.216. The van der Waals surface area contributed by atoms with E-state index in [0.29, 0.717) is 11.6 Å². The number of nitriles is 1. The van der Waals surface area contributed by atoms with Crippen LogP contribution in [0.1, 0.15) is 11.1 Å². The standard InChI is InChI=1S/C12H9F6NO3S/c1-8-2-4-9(5-3-8)6-10(7-19,11(13,14)15)22-23(20,21)12(16,17)18/h2-5H,6H2,1H3. The molecule has 0 amide bonds. The average molecular weight is 361 g/mol. The molecule has 0 radical (unpaired) electrons. The van der Waals surface area contributed by atoms with Crippen LogP contribution in [0.3, 0.4) is 0 Å². The zero-order chi connectivity index (χ0) is 18.1. The Kier molecular flexibility index (Phi) is 5.03. The number of hydrogen-bond acceptors (Lipinski definition) is 4. The monoisotopic (exact) mass is 361 g/mol. The molecule has 1 atom stereocenters. The fraction of sp³-hybridized carbons (Fsp3) is 0.417. The van der Waals surface area contributed by atoms with Crippen LogP contribution in [0.25, 0.3) is 0 Å². The molecule has 1 rings (SSSR count). The molecule has 0 fully saturated rings. The highest BCUT2D eigenvalue weighted by molar-refractivity contribution is 7.87. The van der Waals surface area contributed by atoms with Crippen LogP contribution >= 0.6 is 0 Å². The van der Waals surface area contributed by atoms with E-state index < -0.39 is 33.8 Å². The summed E-state index contributed by atoms with van der Waals surface area (Å²) in [5.41, 5.74) is -9.84. The minimum atomic E-state index is -6.62. The summed E-state index contributed by atoms with van der Waals surface area (Å²) in [6.07, 6.45) is -7.09. The van der Waals surface area contributed by atoms with Gasteiger partial charge in [0.25, 0.3) is 5.60 Å². The molecule has 0 aromatic heterocycles. The van der Waals surface area contributed by atoms with Crippen LogP contribution in [0, 0.1) is 18.3 Å². The van der Waals surface area contributed by atoms with E-state index in [1.807, 2.05) is 0 Å². The molecular weight excluding hydrogens is 352 g/mol. The third-order valence-corrected chi connectivity index (χ3v) is 3.82. The van der Waals surface area contributed by atoms with Gasteiger partial charge in [-0.1, -0.05) is 29.8 Å². The highest BCUT2D eigenvalue weighted by Gasteiger charge is 2.63. The van der Waals surface area contributed by atoms with Crippen molar-refractivity contribution in [1.82, 2.24) is 0 Å². The molecule has 0 aliphatic rings. The molecule has 0 aliphatic heterocycles. The Morgan fingerprint density at radius 2 is 1.57 bits per heavy atom. The number of aryl methyl sites for hydroxylation is 1. The van der Waals surface area contributed by atoms with E-state index in [2.05, 4.69) is 4.18 Å².